The zero-order valence-electron chi connectivity index (χ0n) is 17.3. The van der Waals surface area contributed by atoms with E-state index in [2.05, 4.69) is 25.2 Å². The van der Waals surface area contributed by atoms with E-state index in [4.69, 9.17) is 13.3 Å². The number of aliphatic hydroxyl groups is 3. The quantitative estimate of drug-likeness (QED) is 0.335. The van der Waals surface area contributed by atoms with Gasteiger partial charge in [-0.15, -0.1) is 0 Å². The van der Waals surface area contributed by atoms with Gasteiger partial charge < -0.3 is 28.6 Å². The van der Waals surface area contributed by atoms with Gasteiger partial charge in [-0.3, -0.25) is 0 Å². The topological polar surface area (TPSA) is 88.4 Å². The van der Waals surface area contributed by atoms with Crippen LogP contribution < -0.4 is 5.19 Å². The summed E-state index contributed by atoms with van der Waals surface area (Å²) in [7, 11) is -3.10. The van der Waals surface area contributed by atoms with Crippen LogP contribution in [0.5, 0.6) is 0 Å². The zero-order chi connectivity index (χ0) is 20.6. The molecule has 6 nitrogen and oxygen atoms in total. The minimum absolute atomic E-state index is 0.0247. The van der Waals surface area contributed by atoms with Gasteiger partial charge in [0.05, 0.1) is 12.7 Å². The van der Waals surface area contributed by atoms with E-state index in [0.717, 1.165) is 0 Å². The largest absolute Gasteiger partial charge is 0.432 e. The smallest absolute Gasteiger partial charge is 0.330 e. The van der Waals surface area contributed by atoms with Gasteiger partial charge >= 0.3 is 8.56 Å². The fourth-order valence-corrected chi connectivity index (χ4v) is 10.9. The molecule has 0 saturated carbocycles. The van der Waals surface area contributed by atoms with Crippen molar-refractivity contribution in [2.24, 2.45) is 0 Å². The first kappa shape index (κ1) is 24.5. The molecule has 0 aliphatic carbocycles. The Morgan fingerprint density at radius 2 is 1.78 bits per heavy atom. The van der Waals surface area contributed by atoms with E-state index >= 15 is 0 Å². The van der Waals surface area contributed by atoms with Crippen molar-refractivity contribution in [2.45, 2.75) is 57.2 Å². The second kappa shape index (κ2) is 10.8. The molecule has 3 unspecified atom stereocenters. The Hall–Kier alpha value is -0.586. The van der Waals surface area contributed by atoms with Crippen LogP contribution in [0.15, 0.2) is 30.3 Å². The zero-order valence-corrected chi connectivity index (χ0v) is 19.3. The van der Waals surface area contributed by atoms with Crippen molar-refractivity contribution in [1.29, 1.82) is 0 Å². The average Bonchev–Trinajstić information content (AvgIpc) is 2.61. The minimum atomic E-state index is -2.59. The van der Waals surface area contributed by atoms with E-state index < -0.39 is 28.6 Å². The Morgan fingerprint density at radius 3 is 2.30 bits per heavy atom. The van der Waals surface area contributed by atoms with Gasteiger partial charge in [0.15, 0.2) is 0 Å². The van der Waals surface area contributed by atoms with E-state index in [9.17, 15) is 15.3 Å². The number of hydrogen-bond donors (Lipinski definition) is 3. The summed E-state index contributed by atoms with van der Waals surface area (Å²) in [4.78, 5) is 0. The molecule has 0 aliphatic rings. The summed E-state index contributed by atoms with van der Waals surface area (Å²) in [6.07, 6.45) is -0.157. The lowest BCUT2D eigenvalue weighted by Crippen LogP contribution is -2.56. The van der Waals surface area contributed by atoms with Gasteiger partial charge in [-0.05, 0) is 44.6 Å². The molecule has 0 fully saturated rings. The molecule has 1 aromatic rings. The number of aliphatic hydroxyl groups excluding tert-OH is 2. The Labute approximate surface area is 165 Å². The monoisotopic (exact) mass is 416 g/mol. The predicted molar refractivity (Wildman–Crippen MR) is 112 cm³/mol. The van der Waals surface area contributed by atoms with Crippen molar-refractivity contribution in [2.75, 3.05) is 26.9 Å². The predicted octanol–water partition coefficient (Wildman–Crippen LogP) is 1.73. The van der Waals surface area contributed by atoms with Crippen molar-refractivity contribution in [3.63, 3.8) is 0 Å². The normalized spacial score (nSPS) is 17.9. The van der Waals surface area contributed by atoms with E-state index in [1.54, 1.807) is 14.0 Å². The van der Waals surface area contributed by atoms with E-state index in [-0.39, 0.29) is 13.2 Å². The highest BCUT2D eigenvalue weighted by Gasteiger charge is 2.42. The summed E-state index contributed by atoms with van der Waals surface area (Å²) in [5.41, 5.74) is -1.26. The summed E-state index contributed by atoms with van der Waals surface area (Å²) in [5, 5.41) is 30.3. The molecule has 0 aromatic heterocycles. The summed E-state index contributed by atoms with van der Waals surface area (Å²) in [6.45, 7) is 7.91. The fraction of sp³-hybridized carbons (Fsp3) is 0.684. The maximum Gasteiger partial charge on any atom is 0.330 e. The van der Waals surface area contributed by atoms with Gasteiger partial charge in [0.1, 0.15) is 5.60 Å². The molecule has 8 heteroatoms. The Kier molecular flexibility index (Phi) is 9.80. The van der Waals surface area contributed by atoms with Crippen LogP contribution in [-0.4, -0.2) is 70.8 Å². The van der Waals surface area contributed by atoms with Gasteiger partial charge in [-0.25, -0.2) is 0 Å². The van der Waals surface area contributed by atoms with Crippen molar-refractivity contribution in [1.82, 2.24) is 0 Å². The van der Waals surface area contributed by atoms with Gasteiger partial charge in [0.25, 0.3) is 0 Å². The van der Waals surface area contributed by atoms with Crippen LogP contribution in [0.3, 0.4) is 0 Å². The van der Waals surface area contributed by atoms with Crippen molar-refractivity contribution in [3.05, 3.63) is 30.3 Å². The molecule has 27 heavy (non-hydrogen) atoms. The molecule has 0 spiro atoms. The van der Waals surface area contributed by atoms with E-state index in [0.29, 0.717) is 25.1 Å². The summed E-state index contributed by atoms with van der Waals surface area (Å²) >= 11 is 0. The fourth-order valence-electron chi connectivity index (χ4n) is 2.85. The molecule has 3 atom stereocenters. The van der Waals surface area contributed by atoms with Crippen LogP contribution in [-0.2, 0) is 13.3 Å². The second-order valence-electron chi connectivity index (χ2n) is 7.76. The van der Waals surface area contributed by atoms with E-state index in [1.165, 1.54) is 12.1 Å². The van der Waals surface area contributed by atoms with Crippen LogP contribution in [0.25, 0.3) is 0 Å². The molecule has 0 bridgehead atoms. The SMILES string of the molecule is CO[Si](CCO)(CCCOCC(C)(O)C(C)O)O[Si](C)(C)c1ccccc1. The molecule has 1 aromatic carbocycles. The highest BCUT2D eigenvalue weighted by molar-refractivity contribution is 6.91. The van der Waals surface area contributed by atoms with Gasteiger partial charge in [-0.2, -0.15) is 0 Å². The molecule has 0 aliphatic heterocycles. The Bertz CT molecular complexity index is 538. The molecule has 1 rings (SSSR count). The van der Waals surface area contributed by atoms with Crippen molar-refractivity contribution in [3.8, 4) is 0 Å². The first-order chi connectivity index (χ1) is 12.6. The molecule has 3 N–H and O–H groups in total. The summed E-state index contributed by atoms with van der Waals surface area (Å²) in [5.74, 6) is 0. The van der Waals surface area contributed by atoms with Gasteiger partial charge in [0.2, 0.25) is 8.32 Å². The molecule has 0 heterocycles. The van der Waals surface area contributed by atoms with Crippen molar-refractivity contribution >= 4 is 22.1 Å². The van der Waals surface area contributed by atoms with Crippen LogP contribution >= 0.6 is 0 Å². The van der Waals surface area contributed by atoms with E-state index in [1.807, 2.05) is 18.2 Å². The molecule has 0 amide bonds. The standard InChI is InChI=1S/C19H36O6Si2/c1-17(21)19(2,22)16-24-13-9-14-27(23-3,15-12-20)25-26(4,5)18-10-7-6-8-11-18/h6-8,10-11,17,20-22H,9,12-16H2,1-5H3. The molecule has 0 radical (unpaired) electrons. The van der Waals surface area contributed by atoms with Crippen LogP contribution in [0.2, 0.25) is 25.2 Å². The lowest BCUT2D eigenvalue weighted by molar-refractivity contribution is -0.102. The number of ether oxygens (including phenoxy) is 1. The molecule has 156 valence electrons. The minimum Gasteiger partial charge on any atom is -0.432 e. The van der Waals surface area contributed by atoms with Gasteiger partial charge in [-0.1, -0.05) is 30.3 Å². The third-order valence-corrected chi connectivity index (χ3v) is 13.0. The summed E-state index contributed by atoms with van der Waals surface area (Å²) in [6, 6.07) is 11.4. The summed E-state index contributed by atoms with van der Waals surface area (Å²) < 4.78 is 18.0. The van der Waals surface area contributed by atoms with Crippen LogP contribution in [0.1, 0.15) is 20.3 Å². The molecule has 0 saturated heterocycles. The van der Waals surface area contributed by atoms with Crippen molar-refractivity contribution < 1.29 is 28.6 Å². The highest BCUT2D eigenvalue weighted by Crippen LogP contribution is 2.25. The third-order valence-electron chi connectivity index (χ3n) is 4.92. The average molecular weight is 417 g/mol. The maximum absolute atomic E-state index is 10.0. The molecular formula is C19H36O6Si2. The number of hydrogen-bond acceptors (Lipinski definition) is 6. The third kappa shape index (κ3) is 7.74. The lowest BCUT2D eigenvalue weighted by atomic mass is 10.0. The van der Waals surface area contributed by atoms with Crippen LogP contribution in [0.4, 0.5) is 0 Å². The Morgan fingerprint density at radius 1 is 1.15 bits per heavy atom. The first-order valence-corrected chi connectivity index (χ1v) is 14.6. The first-order valence-electron chi connectivity index (χ1n) is 9.48. The number of rotatable bonds is 13. The van der Waals surface area contributed by atoms with Gasteiger partial charge in [0, 0.05) is 26.4 Å². The second-order valence-corrected chi connectivity index (χ2v) is 15.4. The maximum atomic E-state index is 10.0. The van der Waals surface area contributed by atoms with Crippen LogP contribution in [0, 0.1) is 0 Å². The Balaban J connectivity index is 2.68. The number of benzene rings is 1. The highest BCUT2D eigenvalue weighted by atomic mass is 28.4. The molecular weight excluding hydrogens is 380 g/mol. The lowest BCUT2D eigenvalue weighted by Gasteiger charge is -2.37.